The molecule has 0 aliphatic heterocycles. The highest BCUT2D eigenvalue weighted by atomic mass is 32.1. The fourth-order valence-electron chi connectivity index (χ4n) is 2.40. The second kappa shape index (κ2) is 8.27. The molecule has 1 N–H and O–H groups in total. The number of alkyl halides is 3. The van der Waals surface area contributed by atoms with Crippen LogP contribution >= 0.6 is 11.3 Å². The summed E-state index contributed by atoms with van der Waals surface area (Å²) in [6, 6.07) is 10.9. The van der Waals surface area contributed by atoms with Gasteiger partial charge in [-0.05, 0) is 17.7 Å². The van der Waals surface area contributed by atoms with Gasteiger partial charge in [0.15, 0.2) is 5.13 Å². The molecule has 0 bridgehead atoms. The van der Waals surface area contributed by atoms with Crippen LogP contribution < -0.4 is 10.1 Å². The number of hydrogen-bond donors (Lipinski definition) is 1. The zero-order valence-corrected chi connectivity index (χ0v) is 15.3. The number of anilines is 1. The fourth-order valence-corrected chi connectivity index (χ4v) is 3.14. The monoisotopic (exact) mass is 423 g/mol. The molecule has 0 fully saturated rings. The van der Waals surface area contributed by atoms with Gasteiger partial charge in [0.2, 0.25) is 5.91 Å². The van der Waals surface area contributed by atoms with Gasteiger partial charge < -0.3 is 10.1 Å². The molecule has 0 atom stereocenters. The Morgan fingerprint density at radius 3 is 2.59 bits per heavy atom. The number of halogens is 3. The number of nitrogens with zero attached hydrogens (tertiary/aromatic N) is 2. The Hall–Kier alpha value is -3.47. The van der Waals surface area contributed by atoms with Crippen LogP contribution in [0.15, 0.2) is 53.9 Å². The number of carbonyl (C=O) groups is 1. The Balaban J connectivity index is 1.62. The van der Waals surface area contributed by atoms with Crippen molar-refractivity contribution in [3.63, 3.8) is 0 Å². The molecule has 150 valence electrons. The minimum atomic E-state index is -4.78. The van der Waals surface area contributed by atoms with E-state index in [-0.39, 0.29) is 17.9 Å². The van der Waals surface area contributed by atoms with Crippen molar-refractivity contribution in [3.8, 4) is 17.0 Å². The molecule has 1 heterocycles. The van der Waals surface area contributed by atoms with Crippen LogP contribution in [0.5, 0.6) is 5.75 Å². The van der Waals surface area contributed by atoms with Crippen molar-refractivity contribution in [1.29, 1.82) is 0 Å². The number of non-ortho nitro benzene ring substituents is 1. The van der Waals surface area contributed by atoms with Crippen LogP contribution in [0.4, 0.5) is 24.0 Å². The van der Waals surface area contributed by atoms with Crippen molar-refractivity contribution in [2.45, 2.75) is 12.8 Å². The van der Waals surface area contributed by atoms with Crippen LogP contribution in [0.3, 0.4) is 0 Å². The number of nitro benzene ring substituents is 1. The van der Waals surface area contributed by atoms with Gasteiger partial charge in [-0.3, -0.25) is 14.9 Å². The lowest BCUT2D eigenvalue weighted by Crippen LogP contribution is -2.17. The third kappa shape index (κ3) is 5.75. The highest BCUT2D eigenvalue weighted by molar-refractivity contribution is 7.14. The van der Waals surface area contributed by atoms with Crippen molar-refractivity contribution >= 4 is 28.1 Å². The highest BCUT2D eigenvalue weighted by Crippen LogP contribution is 2.28. The number of aromatic nitrogens is 1. The van der Waals surface area contributed by atoms with Crippen LogP contribution in [0.1, 0.15) is 5.56 Å². The van der Waals surface area contributed by atoms with Gasteiger partial charge in [0.25, 0.3) is 5.69 Å². The number of carbonyl (C=O) groups excluding carboxylic acids is 1. The number of nitrogens with one attached hydrogen (secondary N) is 1. The van der Waals surface area contributed by atoms with Crippen molar-refractivity contribution in [2.24, 2.45) is 0 Å². The molecule has 0 saturated carbocycles. The van der Waals surface area contributed by atoms with Gasteiger partial charge in [-0.25, -0.2) is 4.98 Å². The van der Waals surface area contributed by atoms with Gasteiger partial charge in [0.1, 0.15) is 5.75 Å². The zero-order valence-electron chi connectivity index (χ0n) is 14.5. The zero-order chi connectivity index (χ0) is 21.0. The smallest absolute Gasteiger partial charge is 0.406 e. The van der Waals surface area contributed by atoms with E-state index in [1.165, 1.54) is 30.3 Å². The summed E-state index contributed by atoms with van der Waals surface area (Å²) < 4.78 is 40.2. The second-order valence-corrected chi connectivity index (χ2v) is 6.62. The average molecular weight is 423 g/mol. The van der Waals surface area contributed by atoms with Crippen LogP contribution in [-0.2, 0) is 11.2 Å². The summed E-state index contributed by atoms with van der Waals surface area (Å²) in [6.07, 6.45) is -4.85. The molecular formula is C18H12F3N3O4S. The molecule has 0 aliphatic rings. The summed E-state index contributed by atoms with van der Waals surface area (Å²) >= 11 is 1.15. The van der Waals surface area contributed by atoms with Gasteiger partial charge in [0, 0.05) is 23.1 Å². The molecular weight excluding hydrogens is 411 g/mol. The summed E-state index contributed by atoms with van der Waals surface area (Å²) in [4.78, 5) is 26.7. The van der Waals surface area contributed by atoms with Gasteiger partial charge in [-0.15, -0.1) is 24.5 Å². The summed E-state index contributed by atoms with van der Waals surface area (Å²) in [5.74, 6) is -0.780. The molecule has 0 radical (unpaired) electrons. The van der Waals surface area contributed by atoms with Crippen LogP contribution in [0, 0.1) is 10.1 Å². The van der Waals surface area contributed by atoms with Crippen molar-refractivity contribution in [2.75, 3.05) is 5.32 Å². The first-order chi connectivity index (χ1) is 13.7. The van der Waals surface area contributed by atoms with E-state index in [4.69, 9.17) is 0 Å². The molecule has 2 aromatic carbocycles. The first kappa shape index (κ1) is 20.3. The summed E-state index contributed by atoms with van der Waals surface area (Å²) in [5, 5.41) is 15.4. The standard InChI is InChI=1S/C18H12F3N3O4S/c19-18(20,21)28-14-6-4-11(5-7-14)8-16(25)23-17-22-15(10-29-17)12-2-1-3-13(9-12)24(26)27/h1-7,9-10H,8H2,(H,22,23,25). The summed E-state index contributed by atoms with van der Waals surface area (Å²) in [5.41, 5.74) is 1.44. The van der Waals surface area contributed by atoms with Crippen LogP contribution in [0.25, 0.3) is 11.3 Å². The molecule has 1 amide bonds. The van der Waals surface area contributed by atoms with Crippen molar-refractivity contribution in [1.82, 2.24) is 4.98 Å². The number of amides is 1. The maximum atomic E-state index is 12.2. The second-order valence-electron chi connectivity index (χ2n) is 5.76. The minimum Gasteiger partial charge on any atom is -0.406 e. The van der Waals surface area contributed by atoms with E-state index < -0.39 is 17.2 Å². The molecule has 3 rings (SSSR count). The molecule has 7 nitrogen and oxygen atoms in total. The van der Waals surface area contributed by atoms with E-state index >= 15 is 0 Å². The quantitative estimate of drug-likeness (QED) is 0.454. The highest BCUT2D eigenvalue weighted by Gasteiger charge is 2.30. The first-order valence-corrected chi connectivity index (χ1v) is 8.92. The average Bonchev–Trinajstić information content (AvgIpc) is 3.10. The third-order valence-electron chi connectivity index (χ3n) is 3.62. The topological polar surface area (TPSA) is 94.4 Å². The van der Waals surface area contributed by atoms with Gasteiger partial charge in [-0.2, -0.15) is 0 Å². The normalized spacial score (nSPS) is 11.1. The number of thiazole rings is 1. The number of benzene rings is 2. The van der Waals surface area contributed by atoms with Crippen molar-refractivity contribution < 1.29 is 27.6 Å². The molecule has 29 heavy (non-hydrogen) atoms. The number of rotatable bonds is 6. The predicted octanol–water partition coefficient (Wildman–Crippen LogP) is 4.80. The Bertz CT molecular complexity index is 1040. The SMILES string of the molecule is O=C(Cc1ccc(OC(F)(F)F)cc1)Nc1nc(-c2cccc([N+](=O)[O-])c2)cs1. The lowest BCUT2D eigenvalue weighted by atomic mass is 10.1. The summed E-state index contributed by atoms with van der Waals surface area (Å²) in [7, 11) is 0. The molecule has 3 aromatic rings. The van der Waals surface area contributed by atoms with E-state index in [0.717, 1.165) is 23.5 Å². The predicted molar refractivity (Wildman–Crippen MR) is 99.7 cm³/mol. The largest absolute Gasteiger partial charge is 0.573 e. The summed E-state index contributed by atoms with van der Waals surface area (Å²) in [6.45, 7) is 0. The number of hydrogen-bond acceptors (Lipinski definition) is 6. The first-order valence-electron chi connectivity index (χ1n) is 8.04. The van der Waals surface area contributed by atoms with E-state index in [1.54, 1.807) is 11.4 Å². The van der Waals surface area contributed by atoms with E-state index in [2.05, 4.69) is 15.0 Å². The number of nitro groups is 1. The molecule has 1 aromatic heterocycles. The van der Waals surface area contributed by atoms with Gasteiger partial charge in [0.05, 0.1) is 17.0 Å². The lowest BCUT2D eigenvalue weighted by Gasteiger charge is -2.09. The molecule has 0 unspecified atom stereocenters. The molecule has 0 saturated heterocycles. The third-order valence-corrected chi connectivity index (χ3v) is 4.38. The fraction of sp³-hybridized carbons (Fsp3) is 0.111. The maximum absolute atomic E-state index is 12.2. The Labute approximate surface area is 165 Å². The maximum Gasteiger partial charge on any atom is 0.573 e. The van der Waals surface area contributed by atoms with Gasteiger partial charge in [-0.1, -0.05) is 24.3 Å². The van der Waals surface area contributed by atoms with E-state index in [9.17, 15) is 28.1 Å². The van der Waals surface area contributed by atoms with Crippen molar-refractivity contribution in [3.05, 3.63) is 69.6 Å². The molecule has 0 spiro atoms. The minimum absolute atomic E-state index is 0.0703. The number of ether oxygens (including phenoxy) is 1. The molecule has 11 heteroatoms. The lowest BCUT2D eigenvalue weighted by molar-refractivity contribution is -0.384. The van der Waals surface area contributed by atoms with E-state index in [0.29, 0.717) is 22.0 Å². The Morgan fingerprint density at radius 2 is 1.93 bits per heavy atom. The van der Waals surface area contributed by atoms with Gasteiger partial charge >= 0.3 is 6.36 Å². The molecule has 0 aliphatic carbocycles. The Kier molecular flexibility index (Phi) is 5.78. The van der Waals surface area contributed by atoms with E-state index in [1.807, 2.05) is 0 Å². The van der Waals surface area contributed by atoms with Crippen LogP contribution in [0.2, 0.25) is 0 Å². The Morgan fingerprint density at radius 1 is 1.21 bits per heavy atom. The van der Waals surface area contributed by atoms with Crippen LogP contribution in [-0.4, -0.2) is 22.2 Å².